The van der Waals surface area contributed by atoms with Gasteiger partial charge in [0, 0.05) is 0 Å². The SMILES string of the molecule is CCOC(=S)c1cc(F)c(C)nc1Cl. The molecule has 0 saturated carbocycles. The van der Waals surface area contributed by atoms with E-state index in [1.54, 1.807) is 6.92 Å². The topological polar surface area (TPSA) is 22.1 Å². The molecule has 0 atom stereocenters. The molecule has 0 aliphatic rings. The van der Waals surface area contributed by atoms with Crippen LogP contribution in [0.1, 0.15) is 18.2 Å². The van der Waals surface area contributed by atoms with Crippen molar-refractivity contribution in [3.8, 4) is 0 Å². The van der Waals surface area contributed by atoms with Gasteiger partial charge >= 0.3 is 0 Å². The molecule has 5 heteroatoms. The largest absolute Gasteiger partial charge is 0.483 e. The Morgan fingerprint density at radius 1 is 1.71 bits per heavy atom. The highest BCUT2D eigenvalue weighted by Gasteiger charge is 2.12. The second-order valence-corrected chi connectivity index (χ2v) is 3.34. The second-order valence-electron chi connectivity index (χ2n) is 2.61. The molecule has 1 rings (SSSR count). The van der Waals surface area contributed by atoms with Crippen LogP contribution in [0.2, 0.25) is 5.15 Å². The summed E-state index contributed by atoms with van der Waals surface area (Å²) in [5, 5.41) is 0.339. The fraction of sp³-hybridized carbons (Fsp3) is 0.333. The third-order valence-corrected chi connectivity index (χ3v) is 2.23. The number of pyridine rings is 1. The zero-order valence-electron chi connectivity index (χ0n) is 7.80. The first-order valence-electron chi connectivity index (χ1n) is 4.06. The molecular weight excluding hydrogens is 225 g/mol. The van der Waals surface area contributed by atoms with Crippen molar-refractivity contribution in [1.82, 2.24) is 4.98 Å². The first-order valence-corrected chi connectivity index (χ1v) is 4.84. The van der Waals surface area contributed by atoms with Crippen LogP contribution in [-0.2, 0) is 4.74 Å². The Morgan fingerprint density at radius 3 is 2.93 bits per heavy atom. The van der Waals surface area contributed by atoms with Crippen LogP contribution in [0.15, 0.2) is 6.07 Å². The van der Waals surface area contributed by atoms with Crippen LogP contribution in [-0.4, -0.2) is 16.6 Å². The summed E-state index contributed by atoms with van der Waals surface area (Å²) in [4.78, 5) is 3.80. The van der Waals surface area contributed by atoms with Crippen molar-refractivity contribution < 1.29 is 9.13 Å². The smallest absolute Gasteiger partial charge is 0.194 e. The van der Waals surface area contributed by atoms with E-state index in [1.165, 1.54) is 13.0 Å². The minimum atomic E-state index is -0.438. The zero-order chi connectivity index (χ0) is 10.7. The van der Waals surface area contributed by atoms with Gasteiger partial charge in [-0.05, 0) is 32.1 Å². The highest BCUT2D eigenvalue weighted by molar-refractivity contribution is 7.80. The number of hydrogen-bond donors (Lipinski definition) is 0. The van der Waals surface area contributed by atoms with Crippen LogP contribution < -0.4 is 0 Å². The Kier molecular flexibility index (Phi) is 3.77. The maximum atomic E-state index is 13.1. The van der Waals surface area contributed by atoms with E-state index in [4.69, 9.17) is 28.6 Å². The van der Waals surface area contributed by atoms with Gasteiger partial charge in [-0.3, -0.25) is 0 Å². The number of aryl methyl sites for hydroxylation is 1. The quantitative estimate of drug-likeness (QED) is 0.579. The molecule has 14 heavy (non-hydrogen) atoms. The van der Waals surface area contributed by atoms with Crippen LogP contribution in [0.3, 0.4) is 0 Å². The number of aromatic nitrogens is 1. The van der Waals surface area contributed by atoms with Gasteiger partial charge in [0.05, 0.1) is 17.9 Å². The van der Waals surface area contributed by atoms with Gasteiger partial charge in [-0.25, -0.2) is 9.37 Å². The van der Waals surface area contributed by atoms with Gasteiger partial charge in [0.15, 0.2) is 5.05 Å². The lowest BCUT2D eigenvalue weighted by molar-refractivity contribution is 0.337. The Morgan fingerprint density at radius 2 is 2.36 bits per heavy atom. The van der Waals surface area contributed by atoms with Crippen molar-refractivity contribution in [3.63, 3.8) is 0 Å². The van der Waals surface area contributed by atoms with E-state index < -0.39 is 5.82 Å². The number of thiocarbonyl (C=S) groups is 1. The maximum absolute atomic E-state index is 13.1. The molecule has 1 aromatic heterocycles. The number of rotatable bonds is 2. The lowest BCUT2D eigenvalue weighted by atomic mass is 10.2. The lowest BCUT2D eigenvalue weighted by Crippen LogP contribution is -2.06. The third kappa shape index (κ3) is 2.39. The third-order valence-electron chi connectivity index (χ3n) is 1.60. The van der Waals surface area contributed by atoms with Crippen LogP contribution in [0.25, 0.3) is 0 Å². The number of ether oxygens (including phenoxy) is 1. The first-order chi connectivity index (χ1) is 6.56. The van der Waals surface area contributed by atoms with Crippen molar-refractivity contribution in [2.75, 3.05) is 6.61 Å². The van der Waals surface area contributed by atoms with Crippen molar-refractivity contribution >= 4 is 28.9 Å². The van der Waals surface area contributed by atoms with E-state index in [0.717, 1.165) is 0 Å². The van der Waals surface area contributed by atoms with Gasteiger partial charge in [-0.15, -0.1) is 0 Å². The number of hydrogen-bond acceptors (Lipinski definition) is 3. The fourth-order valence-electron chi connectivity index (χ4n) is 0.904. The molecule has 1 heterocycles. The predicted octanol–water partition coefficient (Wildman–Crippen LogP) is 2.89. The highest BCUT2D eigenvalue weighted by atomic mass is 35.5. The number of halogens is 2. The molecule has 76 valence electrons. The van der Waals surface area contributed by atoms with Crippen molar-refractivity contribution in [3.05, 3.63) is 28.3 Å². The molecule has 0 saturated heterocycles. The Bertz CT molecular complexity index is 370. The molecule has 0 aromatic carbocycles. The molecule has 2 nitrogen and oxygen atoms in total. The van der Waals surface area contributed by atoms with Gasteiger partial charge in [0.25, 0.3) is 0 Å². The molecule has 0 bridgehead atoms. The molecule has 0 fully saturated rings. The van der Waals surface area contributed by atoms with Crippen LogP contribution in [0.5, 0.6) is 0 Å². The van der Waals surface area contributed by atoms with Crippen molar-refractivity contribution in [1.29, 1.82) is 0 Å². The summed E-state index contributed by atoms with van der Waals surface area (Å²) in [6, 6.07) is 1.24. The molecule has 0 spiro atoms. The van der Waals surface area contributed by atoms with E-state index >= 15 is 0 Å². The summed E-state index contributed by atoms with van der Waals surface area (Å²) in [6.45, 7) is 3.75. The Hall–Kier alpha value is -0.740. The van der Waals surface area contributed by atoms with Gasteiger partial charge in [0.2, 0.25) is 0 Å². The minimum Gasteiger partial charge on any atom is -0.483 e. The molecule has 0 N–H and O–H groups in total. The van der Waals surface area contributed by atoms with Gasteiger partial charge in [-0.1, -0.05) is 11.6 Å². The first kappa shape index (κ1) is 11.3. The summed E-state index contributed by atoms with van der Waals surface area (Å²) in [7, 11) is 0. The maximum Gasteiger partial charge on any atom is 0.194 e. The summed E-state index contributed by atoms with van der Waals surface area (Å²) >= 11 is 10.7. The Balaban J connectivity index is 3.09. The molecule has 0 aliphatic heterocycles. The van der Waals surface area contributed by atoms with Gasteiger partial charge in [0.1, 0.15) is 11.0 Å². The van der Waals surface area contributed by atoms with E-state index in [1.807, 2.05) is 0 Å². The van der Waals surface area contributed by atoms with Gasteiger partial charge < -0.3 is 4.74 Å². The van der Waals surface area contributed by atoms with E-state index in [9.17, 15) is 4.39 Å². The summed E-state index contributed by atoms with van der Waals surface area (Å²) < 4.78 is 18.2. The monoisotopic (exact) mass is 233 g/mol. The average molecular weight is 234 g/mol. The molecule has 0 aliphatic carbocycles. The van der Waals surface area contributed by atoms with Crippen molar-refractivity contribution in [2.45, 2.75) is 13.8 Å². The Labute approximate surface area is 92.1 Å². The van der Waals surface area contributed by atoms with Crippen LogP contribution >= 0.6 is 23.8 Å². The molecular formula is C9H9ClFNOS. The summed E-state index contributed by atoms with van der Waals surface area (Å²) in [6.07, 6.45) is 0. The summed E-state index contributed by atoms with van der Waals surface area (Å²) in [5.74, 6) is -0.438. The van der Waals surface area contributed by atoms with E-state index in [2.05, 4.69) is 4.98 Å². The van der Waals surface area contributed by atoms with Crippen LogP contribution in [0, 0.1) is 12.7 Å². The van der Waals surface area contributed by atoms with E-state index in [0.29, 0.717) is 12.2 Å². The second kappa shape index (κ2) is 4.66. The molecule has 0 unspecified atom stereocenters. The zero-order valence-corrected chi connectivity index (χ0v) is 9.38. The minimum absolute atomic E-state index is 0.169. The lowest BCUT2D eigenvalue weighted by Gasteiger charge is -2.07. The highest BCUT2D eigenvalue weighted by Crippen LogP contribution is 2.18. The predicted molar refractivity (Wildman–Crippen MR) is 57.3 cm³/mol. The number of nitrogens with zero attached hydrogens (tertiary/aromatic N) is 1. The van der Waals surface area contributed by atoms with Gasteiger partial charge in [-0.2, -0.15) is 0 Å². The van der Waals surface area contributed by atoms with E-state index in [-0.39, 0.29) is 15.9 Å². The summed E-state index contributed by atoms with van der Waals surface area (Å²) in [5.41, 5.74) is 0.574. The molecule has 0 radical (unpaired) electrons. The van der Waals surface area contributed by atoms with Crippen LogP contribution in [0.4, 0.5) is 4.39 Å². The molecule has 0 amide bonds. The molecule has 1 aromatic rings. The van der Waals surface area contributed by atoms with Crippen molar-refractivity contribution in [2.24, 2.45) is 0 Å². The fourth-order valence-corrected chi connectivity index (χ4v) is 1.50. The average Bonchev–Trinajstić information content (AvgIpc) is 2.11. The standard InChI is InChI=1S/C9H9ClFNOS/c1-3-13-9(14)6-4-7(11)5(2)12-8(6)10/h4H,3H2,1-2H3. The normalized spacial score (nSPS) is 10.0.